The van der Waals surface area contributed by atoms with Crippen LogP contribution in [0.3, 0.4) is 0 Å². The van der Waals surface area contributed by atoms with Crippen LogP contribution in [-0.2, 0) is 4.79 Å². The van der Waals surface area contributed by atoms with Gasteiger partial charge in [-0.05, 0) is 56.0 Å². The number of nitrogens with zero attached hydrogens (tertiary/aromatic N) is 1. The van der Waals surface area contributed by atoms with Crippen LogP contribution in [0.2, 0.25) is 0 Å². The third kappa shape index (κ3) is 5.00. The van der Waals surface area contributed by atoms with Crippen molar-refractivity contribution in [2.45, 2.75) is 23.8 Å². The van der Waals surface area contributed by atoms with E-state index in [2.05, 4.69) is 17.4 Å². The maximum Gasteiger partial charge on any atom is 0.264 e. The van der Waals surface area contributed by atoms with E-state index in [1.165, 1.54) is 0 Å². The monoisotopic (exact) mass is 356 g/mol. The Morgan fingerprint density at radius 3 is 2.80 bits per heavy atom. The highest BCUT2D eigenvalue weighted by Gasteiger charge is 2.23. The molecule has 1 amide bonds. The van der Waals surface area contributed by atoms with Crippen LogP contribution in [0.1, 0.15) is 12.8 Å². The van der Waals surface area contributed by atoms with Crippen molar-refractivity contribution in [3.8, 4) is 5.75 Å². The number of benzene rings is 2. The van der Waals surface area contributed by atoms with Crippen molar-refractivity contribution in [3.05, 3.63) is 54.6 Å². The van der Waals surface area contributed by atoms with Crippen molar-refractivity contribution in [2.24, 2.45) is 0 Å². The Morgan fingerprint density at radius 2 is 2.08 bits per heavy atom. The molecule has 1 aliphatic rings. The molecule has 0 bridgehead atoms. The fourth-order valence-electron chi connectivity index (χ4n) is 3.00. The Hall–Kier alpha value is -1.98. The molecule has 3 rings (SSSR count). The molecule has 1 atom stereocenters. The lowest BCUT2D eigenvalue weighted by Gasteiger charge is -2.26. The van der Waals surface area contributed by atoms with Crippen LogP contribution in [-0.4, -0.2) is 37.9 Å². The lowest BCUT2D eigenvalue weighted by Crippen LogP contribution is -2.43. The molecular formula is C20H24N2O2S. The van der Waals surface area contributed by atoms with Crippen LogP contribution >= 0.6 is 11.8 Å². The molecule has 5 heteroatoms. The molecule has 1 N–H and O–H groups in total. The van der Waals surface area contributed by atoms with E-state index in [1.54, 1.807) is 11.8 Å². The molecule has 0 aromatic heterocycles. The van der Waals surface area contributed by atoms with E-state index in [0.29, 0.717) is 18.3 Å². The summed E-state index contributed by atoms with van der Waals surface area (Å²) in [6, 6.07) is 17.9. The molecule has 0 saturated carbocycles. The van der Waals surface area contributed by atoms with Gasteiger partial charge in [0, 0.05) is 23.2 Å². The number of thioether (sulfide) groups is 1. The van der Waals surface area contributed by atoms with Gasteiger partial charge in [-0.1, -0.05) is 24.3 Å². The average molecular weight is 356 g/mol. The first kappa shape index (κ1) is 17.8. The van der Waals surface area contributed by atoms with Crippen molar-refractivity contribution in [1.29, 1.82) is 0 Å². The van der Waals surface area contributed by atoms with E-state index in [-0.39, 0.29) is 12.5 Å². The maximum atomic E-state index is 12.9. The van der Waals surface area contributed by atoms with E-state index in [9.17, 15) is 4.79 Å². The zero-order valence-electron chi connectivity index (χ0n) is 14.5. The van der Waals surface area contributed by atoms with Crippen molar-refractivity contribution in [3.63, 3.8) is 0 Å². The second kappa shape index (κ2) is 8.92. The van der Waals surface area contributed by atoms with Gasteiger partial charge in [-0.15, -0.1) is 11.8 Å². The number of ether oxygens (including phenoxy) is 1. The fraction of sp³-hybridized carbons (Fsp3) is 0.350. The van der Waals surface area contributed by atoms with Gasteiger partial charge in [0.15, 0.2) is 6.61 Å². The molecule has 1 saturated heterocycles. The van der Waals surface area contributed by atoms with Gasteiger partial charge < -0.3 is 15.0 Å². The predicted molar refractivity (Wildman–Crippen MR) is 104 cm³/mol. The van der Waals surface area contributed by atoms with Crippen LogP contribution in [0.4, 0.5) is 5.69 Å². The zero-order chi connectivity index (χ0) is 17.5. The first-order valence-electron chi connectivity index (χ1n) is 8.62. The van der Waals surface area contributed by atoms with Crippen LogP contribution in [0, 0.1) is 0 Å². The Balaban J connectivity index is 1.73. The third-order valence-corrected chi connectivity index (χ3v) is 5.06. The van der Waals surface area contributed by atoms with Crippen LogP contribution in [0.15, 0.2) is 59.5 Å². The summed E-state index contributed by atoms with van der Waals surface area (Å²) >= 11 is 1.68. The molecule has 2 aromatic rings. The molecule has 25 heavy (non-hydrogen) atoms. The van der Waals surface area contributed by atoms with Crippen molar-refractivity contribution >= 4 is 23.4 Å². The van der Waals surface area contributed by atoms with Gasteiger partial charge in [0.25, 0.3) is 5.91 Å². The number of anilines is 1. The minimum absolute atomic E-state index is 0.0178. The summed E-state index contributed by atoms with van der Waals surface area (Å²) in [7, 11) is 0. The van der Waals surface area contributed by atoms with E-state index in [1.807, 2.05) is 53.6 Å². The molecule has 0 unspecified atom stereocenters. The summed E-state index contributed by atoms with van der Waals surface area (Å²) in [5.41, 5.74) is 0.933. The third-order valence-electron chi connectivity index (χ3n) is 4.34. The average Bonchev–Trinajstić information content (AvgIpc) is 3.18. The number of amides is 1. The first-order chi connectivity index (χ1) is 12.3. The highest BCUT2D eigenvalue weighted by molar-refractivity contribution is 7.98. The molecule has 1 fully saturated rings. The molecule has 1 heterocycles. The van der Waals surface area contributed by atoms with Gasteiger partial charge in [-0.25, -0.2) is 0 Å². The highest BCUT2D eigenvalue weighted by atomic mass is 32.2. The van der Waals surface area contributed by atoms with Gasteiger partial charge in [0.2, 0.25) is 0 Å². The number of carbonyl (C=O) groups excluding carboxylic acids is 1. The SMILES string of the molecule is CSc1cccc(N(C[C@H]2CCCN2)C(=O)COc2ccccc2)c1. The topological polar surface area (TPSA) is 41.6 Å². The number of nitrogens with one attached hydrogen (secondary N) is 1. The molecule has 4 nitrogen and oxygen atoms in total. The fourth-order valence-corrected chi connectivity index (χ4v) is 3.46. The van der Waals surface area contributed by atoms with Crippen molar-refractivity contribution in [1.82, 2.24) is 5.32 Å². The van der Waals surface area contributed by atoms with Crippen molar-refractivity contribution < 1.29 is 9.53 Å². The molecule has 2 aromatic carbocycles. The number of hydrogen-bond donors (Lipinski definition) is 1. The van der Waals surface area contributed by atoms with Crippen LogP contribution < -0.4 is 15.0 Å². The molecule has 0 aliphatic carbocycles. The summed E-state index contributed by atoms with van der Waals surface area (Å²) in [6.45, 7) is 1.74. The van der Waals surface area contributed by atoms with Crippen LogP contribution in [0.5, 0.6) is 5.75 Å². The number of rotatable bonds is 7. The summed E-state index contributed by atoms with van der Waals surface area (Å²) in [4.78, 5) is 15.9. The zero-order valence-corrected chi connectivity index (χ0v) is 15.3. The van der Waals surface area contributed by atoms with Crippen LogP contribution in [0.25, 0.3) is 0 Å². The van der Waals surface area contributed by atoms with Gasteiger partial charge in [0.1, 0.15) is 5.75 Å². The lowest BCUT2D eigenvalue weighted by atomic mass is 10.2. The van der Waals surface area contributed by atoms with Gasteiger partial charge in [-0.2, -0.15) is 0 Å². The molecule has 1 aliphatic heterocycles. The van der Waals surface area contributed by atoms with Gasteiger partial charge in [0.05, 0.1) is 0 Å². The van der Waals surface area contributed by atoms with E-state index >= 15 is 0 Å². The van der Waals surface area contributed by atoms with E-state index in [0.717, 1.165) is 30.0 Å². The second-order valence-electron chi connectivity index (χ2n) is 6.10. The lowest BCUT2D eigenvalue weighted by molar-refractivity contribution is -0.120. The Morgan fingerprint density at radius 1 is 1.24 bits per heavy atom. The van der Waals surface area contributed by atoms with Gasteiger partial charge in [-0.3, -0.25) is 4.79 Å². The molecule has 0 spiro atoms. The van der Waals surface area contributed by atoms with Gasteiger partial charge >= 0.3 is 0 Å². The highest BCUT2D eigenvalue weighted by Crippen LogP contribution is 2.23. The van der Waals surface area contributed by atoms with E-state index in [4.69, 9.17) is 4.74 Å². The second-order valence-corrected chi connectivity index (χ2v) is 6.98. The van der Waals surface area contributed by atoms with Crippen molar-refractivity contribution in [2.75, 3.05) is 30.9 Å². The molecular weight excluding hydrogens is 332 g/mol. The van der Waals surface area contributed by atoms with E-state index < -0.39 is 0 Å². The standard InChI is InChI=1S/C20H24N2O2S/c1-25-19-11-5-8-17(13-19)22(14-16-7-6-12-21-16)20(23)15-24-18-9-3-2-4-10-18/h2-5,8-11,13,16,21H,6-7,12,14-15H2,1H3/t16-/m1/s1. The largest absolute Gasteiger partial charge is 0.484 e. The number of carbonyl (C=O) groups is 1. The summed E-state index contributed by atoms with van der Waals surface area (Å²) in [6.07, 6.45) is 4.31. The first-order valence-corrected chi connectivity index (χ1v) is 9.84. The minimum atomic E-state index is -0.0178. The predicted octanol–water partition coefficient (Wildman–Crippen LogP) is 3.57. The Kier molecular flexibility index (Phi) is 6.36. The quantitative estimate of drug-likeness (QED) is 0.770. The Bertz CT molecular complexity index is 687. The maximum absolute atomic E-state index is 12.9. The molecule has 132 valence electrons. The smallest absolute Gasteiger partial charge is 0.264 e. The Labute approximate surface area is 153 Å². The summed E-state index contributed by atoms with van der Waals surface area (Å²) < 4.78 is 5.67. The normalized spacial score (nSPS) is 16.6. The minimum Gasteiger partial charge on any atom is -0.484 e. The summed E-state index contributed by atoms with van der Waals surface area (Å²) in [5.74, 6) is 0.698. The number of para-hydroxylation sites is 1. The number of hydrogen-bond acceptors (Lipinski definition) is 4. The molecule has 0 radical (unpaired) electrons. The summed E-state index contributed by atoms with van der Waals surface area (Å²) in [5, 5.41) is 3.47.